The van der Waals surface area contributed by atoms with Gasteiger partial charge in [0.1, 0.15) is 0 Å². The van der Waals surface area contributed by atoms with Crippen LogP contribution in [0, 0.1) is 11.3 Å². The van der Waals surface area contributed by atoms with Crippen molar-refractivity contribution in [3.63, 3.8) is 0 Å². The Morgan fingerprint density at radius 1 is 1.44 bits per heavy atom. The third-order valence-corrected chi connectivity index (χ3v) is 3.05. The zero-order valence-electron chi connectivity index (χ0n) is 11.3. The van der Waals surface area contributed by atoms with Crippen molar-refractivity contribution in [2.45, 2.75) is 39.1 Å². The summed E-state index contributed by atoms with van der Waals surface area (Å²) in [5, 5.41) is 10.4. The van der Waals surface area contributed by atoms with Crippen LogP contribution in [0.3, 0.4) is 0 Å². The Hall–Kier alpha value is -0.385. The lowest BCUT2D eigenvalue weighted by molar-refractivity contribution is 0.0310. The van der Waals surface area contributed by atoms with E-state index in [0.717, 1.165) is 0 Å². The molecular weight excluding hydrogens is 203 g/mol. The molecule has 0 aromatic rings. The molecule has 0 bridgehead atoms. The lowest BCUT2D eigenvalue weighted by atomic mass is 9.71. The molecule has 0 heterocycles. The van der Waals surface area contributed by atoms with Gasteiger partial charge in [-0.05, 0) is 33.0 Å². The molecular formula is C11H25BN2O2. The van der Waals surface area contributed by atoms with Crippen LogP contribution in [0.1, 0.15) is 27.7 Å². The van der Waals surface area contributed by atoms with Gasteiger partial charge >= 0.3 is 7.12 Å². The molecule has 1 unspecified atom stereocenters. The number of nitrogens with one attached hydrogen (secondary N) is 2. The zero-order valence-corrected chi connectivity index (χ0v) is 11.3. The van der Waals surface area contributed by atoms with E-state index in [9.17, 15) is 0 Å². The molecule has 0 fully saturated rings. The standard InChI is InChI=1S/C11H25BN2O2/c1-9(2)11(3,4)16-12(15-6)10(7-13)8-14-5/h7,9-10,13-14H,8H2,1-6H3. The first-order valence-electron chi connectivity index (χ1n) is 5.74. The Morgan fingerprint density at radius 3 is 2.31 bits per heavy atom. The van der Waals surface area contributed by atoms with Crippen molar-refractivity contribution in [2.75, 3.05) is 20.7 Å². The lowest BCUT2D eigenvalue weighted by Gasteiger charge is -2.34. The van der Waals surface area contributed by atoms with Gasteiger partial charge in [0, 0.05) is 19.5 Å². The van der Waals surface area contributed by atoms with Crippen LogP contribution in [-0.4, -0.2) is 39.6 Å². The van der Waals surface area contributed by atoms with Crippen LogP contribution in [0.15, 0.2) is 0 Å². The smallest absolute Gasteiger partial charge is 0.413 e. The highest BCUT2D eigenvalue weighted by atomic mass is 16.6. The van der Waals surface area contributed by atoms with Crippen molar-refractivity contribution in [2.24, 2.45) is 5.92 Å². The minimum atomic E-state index is -0.373. The maximum atomic E-state index is 7.39. The SMILES string of the molecule is CNCC(C=N)B(OC)OC(C)(C)C(C)C. The molecule has 2 N–H and O–H groups in total. The summed E-state index contributed by atoms with van der Waals surface area (Å²) in [5.74, 6) is 0.333. The van der Waals surface area contributed by atoms with Crippen molar-refractivity contribution in [1.82, 2.24) is 5.32 Å². The molecule has 94 valence electrons. The minimum Gasteiger partial charge on any atom is -0.413 e. The molecule has 0 aliphatic rings. The van der Waals surface area contributed by atoms with Gasteiger partial charge in [0.2, 0.25) is 0 Å². The second-order valence-corrected chi connectivity index (χ2v) is 4.87. The summed E-state index contributed by atoms with van der Waals surface area (Å²) in [6, 6.07) is 0. The van der Waals surface area contributed by atoms with E-state index in [0.29, 0.717) is 12.5 Å². The lowest BCUT2D eigenvalue weighted by Crippen LogP contribution is -2.43. The van der Waals surface area contributed by atoms with E-state index < -0.39 is 0 Å². The van der Waals surface area contributed by atoms with Gasteiger partial charge in [-0.2, -0.15) is 0 Å². The molecule has 1 atom stereocenters. The average molecular weight is 228 g/mol. The van der Waals surface area contributed by atoms with Gasteiger partial charge in [-0.15, -0.1) is 0 Å². The number of rotatable bonds is 8. The van der Waals surface area contributed by atoms with E-state index in [4.69, 9.17) is 14.7 Å². The summed E-state index contributed by atoms with van der Waals surface area (Å²) in [6.45, 7) is 9.00. The number of hydrogen-bond donors (Lipinski definition) is 2. The van der Waals surface area contributed by atoms with Crippen LogP contribution in [0.2, 0.25) is 5.82 Å². The second kappa shape index (κ2) is 7.04. The van der Waals surface area contributed by atoms with Gasteiger partial charge in [-0.1, -0.05) is 13.8 Å². The van der Waals surface area contributed by atoms with Crippen LogP contribution < -0.4 is 5.32 Å². The fraction of sp³-hybridized carbons (Fsp3) is 0.909. The molecule has 16 heavy (non-hydrogen) atoms. The van der Waals surface area contributed by atoms with Crippen LogP contribution in [-0.2, 0) is 9.31 Å². The van der Waals surface area contributed by atoms with Gasteiger partial charge < -0.3 is 20.0 Å². The molecule has 0 spiro atoms. The Morgan fingerprint density at radius 2 is 2.00 bits per heavy atom. The molecule has 4 nitrogen and oxygen atoms in total. The molecule has 5 heteroatoms. The fourth-order valence-corrected chi connectivity index (χ4v) is 1.22. The third kappa shape index (κ3) is 4.64. The first kappa shape index (κ1) is 15.6. The molecule has 0 amide bonds. The van der Waals surface area contributed by atoms with Crippen LogP contribution in [0.4, 0.5) is 0 Å². The Bertz CT molecular complexity index is 210. The highest BCUT2D eigenvalue weighted by Crippen LogP contribution is 2.24. The third-order valence-electron chi connectivity index (χ3n) is 3.05. The Kier molecular flexibility index (Phi) is 6.87. The van der Waals surface area contributed by atoms with E-state index in [1.165, 1.54) is 6.21 Å². The summed E-state index contributed by atoms with van der Waals surface area (Å²) >= 11 is 0. The average Bonchev–Trinajstić information content (AvgIpc) is 2.22. The quantitative estimate of drug-likeness (QED) is 0.492. The predicted octanol–water partition coefficient (Wildman–Crippen LogP) is 1.81. The van der Waals surface area contributed by atoms with Crippen molar-refractivity contribution >= 4 is 13.3 Å². The predicted molar refractivity (Wildman–Crippen MR) is 69.2 cm³/mol. The molecule has 0 aliphatic heterocycles. The molecule has 0 aromatic carbocycles. The first-order chi connectivity index (χ1) is 7.38. The Balaban J connectivity index is 4.54. The maximum Gasteiger partial charge on any atom is 0.467 e. The van der Waals surface area contributed by atoms with Crippen molar-refractivity contribution < 1.29 is 9.31 Å². The van der Waals surface area contributed by atoms with Gasteiger partial charge in [-0.25, -0.2) is 0 Å². The largest absolute Gasteiger partial charge is 0.467 e. The van der Waals surface area contributed by atoms with Crippen molar-refractivity contribution in [3.8, 4) is 0 Å². The summed E-state index contributed by atoms with van der Waals surface area (Å²) in [4.78, 5) is 0. The van der Waals surface area contributed by atoms with Gasteiger partial charge in [0.25, 0.3) is 0 Å². The van der Waals surface area contributed by atoms with Gasteiger partial charge in [-0.3, -0.25) is 0 Å². The molecule has 0 radical (unpaired) electrons. The number of hydrogen-bond acceptors (Lipinski definition) is 4. The first-order valence-corrected chi connectivity index (χ1v) is 5.74. The van der Waals surface area contributed by atoms with E-state index in [-0.39, 0.29) is 18.5 Å². The normalized spacial score (nSPS) is 13.9. The summed E-state index contributed by atoms with van der Waals surface area (Å²) in [7, 11) is 3.10. The zero-order chi connectivity index (χ0) is 12.8. The maximum absolute atomic E-state index is 7.39. The van der Waals surface area contributed by atoms with E-state index in [1.54, 1.807) is 7.11 Å². The van der Waals surface area contributed by atoms with E-state index in [1.807, 2.05) is 20.9 Å². The molecule has 0 rings (SSSR count). The van der Waals surface area contributed by atoms with Crippen LogP contribution in [0.5, 0.6) is 0 Å². The fourth-order valence-electron chi connectivity index (χ4n) is 1.22. The summed E-state index contributed by atoms with van der Waals surface area (Å²) < 4.78 is 11.3. The summed E-state index contributed by atoms with van der Waals surface area (Å²) in [6.07, 6.45) is 1.38. The van der Waals surface area contributed by atoms with E-state index >= 15 is 0 Å². The van der Waals surface area contributed by atoms with Gasteiger partial charge in [0.15, 0.2) is 0 Å². The van der Waals surface area contributed by atoms with Crippen LogP contribution >= 0.6 is 0 Å². The highest BCUT2D eigenvalue weighted by Gasteiger charge is 2.35. The molecule has 0 saturated carbocycles. The minimum absolute atomic E-state index is 0.0620. The molecule has 0 aromatic heterocycles. The highest BCUT2D eigenvalue weighted by molar-refractivity contribution is 6.50. The second-order valence-electron chi connectivity index (χ2n) is 4.87. The monoisotopic (exact) mass is 228 g/mol. The molecule has 0 aliphatic carbocycles. The van der Waals surface area contributed by atoms with Crippen LogP contribution in [0.25, 0.3) is 0 Å². The Labute approximate surface area is 99.7 Å². The van der Waals surface area contributed by atoms with Crippen molar-refractivity contribution in [3.05, 3.63) is 0 Å². The van der Waals surface area contributed by atoms with E-state index in [2.05, 4.69) is 19.2 Å². The topological polar surface area (TPSA) is 54.3 Å². The molecule has 0 saturated heterocycles. The van der Waals surface area contributed by atoms with Gasteiger partial charge in [0.05, 0.1) is 5.60 Å². The van der Waals surface area contributed by atoms with Crippen molar-refractivity contribution in [1.29, 1.82) is 5.41 Å². The summed E-state index contributed by atoms with van der Waals surface area (Å²) in [5.41, 5.74) is -0.254.